The zero-order valence-electron chi connectivity index (χ0n) is 11.6. The number of aliphatic hydroxyl groups is 1. The van der Waals surface area contributed by atoms with Gasteiger partial charge in [0.1, 0.15) is 0 Å². The average Bonchev–Trinajstić information content (AvgIpc) is 2.26. The van der Waals surface area contributed by atoms with Gasteiger partial charge in [0.25, 0.3) is 0 Å². The summed E-state index contributed by atoms with van der Waals surface area (Å²) in [4.78, 5) is 13.0. The molecule has 0 aromatic carbocycles. The molecule has 1 unspecified atom stereocenters. The second kappa shape index (κ2) is 6.50. The Hall–Kier alpha value is -0.650. The van der Waals surface area contributed by atoms with Gasteiger partial charge in [0.2, 0.25) is 0 Å². The van der Waals surface area contributed by atoms with Crippen LogP contribution in [0.25, 0.3) is 0 Å². The molecule has 3 N–H and O–H groups in total. The first kappa shape index (κ1) is 15.4. The highest BCUT2D eigenvalue weighted by Gasteiger charge is 2.35. The summed E-state index contributed by atoms with van der Waals surface area (Å²) in [5.41, 5.74) is -0.730. The Morgan fingerprint density at radius 1 is 1.44 bits per heavy atom. The molecule has 0 aliphatic heterocycles. The van der Waals surface area contributed by atoms with Crippen LogP contribution >= 0.6 is 0 Å². The van der Waals surface area contributed by atoms with Crippen molar-refractivity contribution in [2.45, 2.75) is 44.2 Å². The molecular formula is C13H26N2O3. The Morgan fingerprint density at radius 3 is 2.44 bits per heavy atom. The predicted molar refractivity (Wildman–Crippen MR) is 70.6 cm³/mol. The molecule has 106 valence electrons. The van der Waals surface area contributed by atoms with E-state index in [0.29, 0.717) is 38.3 Å². The molecule has 0 bridgehead atoms. The van der Waals surface area contributed by atoms with Crippen molar-refractivity contribution in [3.8, 4) is 0 Å². The van der Waals surface area contributed by atoms with Gasteiger partial charge in [-0.15, -0.1) is 0 Å². The number of likely N-dealkylation sites (N-methyl/N-ethyl adjacent to an activating group) is 1. The molecule has 5 nitrogen and oxygen atoms in total. The van der Waals surface area contributed by atoms with Crippen molar-refractivity contribution in [1.82, 2.24) is 10.2 Å². The molecule has 0 spiro atoms. The van der Waals surface area contributed by atoms with E-state index in [1.165, 1.54) is 0 Å². The number of nitrogens with one attached hydrogen (secondary N) is 1. The molecule has 0 heterocycles. The summed E-state index contributed by atoms with van der Waals surface area (Å²) in [7, 11) is 4.04. The first-order valence-corrected chi connectivity index (χ1v) is 6.66. The molecule has 5 heteroatoms. The fourth-order valence-corrected chi connectivity index (χ4v) is 2.56. The monoisotopic (exact) mass is 258 g/mol. The van der Waals surface area contributed by atoms with Crippen molar-refractivity contribution in [2.24, 2.45) is 5.92 Å². The van der Waals surface area contributed by atoms with Gasteiger partial charge in [-0.2, -0.15) is 0 Å². The summed E-state index contributed by atoms with van der Waals surface area (Å²) in [5, 5.41) is 22.6. The number of hydrogen-bond donors (Lipinski definition) is 3. The Morgan fingerprint density at radius 2 is 2.00 bits per heavy atom. The van der Waals surface area contributed by atoms with E-state index in [1.54, 1.807) is 0 Å². The van der Waals surface area contributed by atoms with Crippen LogP contribution in [-0.2, 0) is 4.79 Å². The lowest BCUT2D eigenvalue weighted by atomic mass is 9.78. The molecule has 1 fully saturated rings. The van der Waals surface area contributed by atoms with Crippen molar-refractivity contribution in [3.63, 3.8) is 0 Å². The van der Waals surface area contributed by atoms with Crippen molar-refractivity contribution >= 4 is 5.97 Å². The number of carboxylic acids is 1. The summed E-state index contributed by atoms with van der Waals surface area (Å²) in [6.07, 6.45) is 2.31. The summed E-state index contributed by atoms with van der Waals surface area (Å²) in [6.45, 7) is 3.56. The predicted octanol–water partition coefficient (Wildman–Crippen LogP) is 0.532. The van der Waals surface area contributed by atoms with E-state index in [-0.39, 0.29) is 5.92 Å². The smallest absolute Gasteiger partial charge is 0.306 e. The van der Waals surface area contributed by atoms with E-state index in [1.807, 2.05) is 14.1 Å². The molecule has 1 saturated carbocycles. The van der Waals surface area contributed by atoms with E-state index < -0.39 is 11.6 Å². The summed E-state index contributed by atoms with van der Waals surface area (Å²) < 4.78 is 0. The van der Waals surface area contributed by atoms with Gasteiger partial charge in [-0.25, -0.2) is 0 Å². The Bertz CT molecular complexity index is 273. The third kappa shape index (κ3) is 4.92. The SMILES string of the molecule is CC(CN(C)C)NCC1(O)CCC(C(=O)O)CC1. The van der Waals surface area contributed by atoms with Gasteiger partial charge in [-0.05, 0) is 46.7 Å². The lowest BCUT2D eigenvalue weighted by Crippen LogP contribution is -2.48. The highest BCUT2D eigenvalue weighted by Crippen LogP contribution is 2.31. The van der Waals surface area contributed by atoms with Crippen LogP contribution in [0.5, 0.6) is 0 Å². The minimum atomic E-state index is -0.731. The topological polar surface area (TPSA) is 72.8 Å². The average molecular weight is 258 g/mol. The lowest BCUT2D eigenvalue weighted by Gasteiger charge is -2.36. The van der Waals surface area contributed by atoms with Crippen LogP contribution in [-0.4, -0.2) is 59.9 Å². The number of carboxylic acid groups (broad SMARTS) is 1. The highest BCUT2D eigenvalue weighted by atomic mass is 16.4. The Balaban J connectivity index is 2.32. The van der Waals surface area contributed by atoms with Crippen LogP contribution < -0.4 is 5.32 Å². The second-order valence-corrected chi connectivity index (χ2v) is 5.88. The zero-order chi connectivity index (χ0) is 13.8. The molecule has 1 aliphatic rings. The first-order chi connectivity index (χ1) is 8.32. The maximum Gasteiger partial charge on any atom is 0.306 e. The van der Waals surface area contributed by atoms with Gasteiger partial charge < -0.3 is 20.4 Å². The highest BCUT2D eigenvalue weighted by molar-refractivity contribution is 5.70. The van der Waals surface area contributed by atoms with E-state index >= 15 is 0 Å². The zero-order valence-corrected chi connectivity index (χ0v) is 11.6. The molecule has 1 rings (SSSR count). The fraction of sp³-hybridized carbons (Fsp3) is 0.923. The molecule has 0 saturated heterocycles. The van der Waals surface area contributed by atoms with E-state index in [2.05, 4.69) is 17.1 Å². The summed E-state index contributed by atoms with van der Waals surface area (Å²) >= 11 is 0. The lowest BCUT2D eigenvalue weighted by molar-refractivity contribution is -0.144. The van der Waals surface area contributed by atoms with Crippen LogP contribution in [0.4, 0.5) is 0 Å². The van der Waals surface area contributed by atoms with Crippen LogP contribution in [0.1, 0.15) is 32.6 Å². The number of nitrogens with zero attached hydrogens (tertiary/aromatic N) is 1. The van der Waals surface area contributed by atoms with Crippen LogP contribution in [0.2, 0.25) is 0 Å². The first-order valence-electron chi connectivity index (χ1n) is 6.66. The molecule has 0 amide bonds. The van der Waals surface area contributed by atoms with Gasteiger partial charge >= 0.3 is 5.97 Å². The number of hydrogen-bond acceptors (Lipinski definition) is 4. The molecule has 18 heavy (non-hydrogen) atoms. The van der Waals surface area contributed by atoms with Crippen molar-refractivity contribution in [1.29, 1.82) is 0 Å². The van der Waals surface area contributed by atoms with Crippen LogP contribution in [0.3, 0.4) is 0 Å². The number of rotatable bonds is 6. The second-order valence-electron chi connectivity index (χ2n) is 5.88. The number of carbonyl (C=O) groups is 1. The van der Waals surface area contributed by atoms with Crippen LogP contribution in [0, 0.1) is 5.92 Å². The molecule has 0 radical (unpaired) electrons. The molecule has 1 atom stereocenters. The number of aliphatic carboxylic acids is 1. The minimum Gasteiger partial charge on any atom is -0.481 e. The van der Waals surface area contributed by atoms with Gasteiger partial charge in [0.15, 0.2) is 0 Å². The standard InChI is InChI=1S/C13H26N2O3/c1-10(8-15(2)3)14-9-13(18)6-4-11(5-7-13)12(16)17/h10-11,14,18H,4-9H2,1-3H3,(H,16,17). The van der Waals surface area contributed by atoms with E-state index in [9.17, 15) is 9.90 Å². The third-order valence-electron chi connectivity index (χ3n) is 3.68. The normalized spacial score (nSPS) is 30.4. The molecular weight excluding hydrogens is 232 g/mol. The molecule has 0 aromatic heterocycles. The van der Waals surface area contributed by atoms with Gasteiger partial charge in [0, 0.05) is 19.1 Å². The van der Waals surface area contributed by atoms with Gasteiger partial charge in [-0.1, -0.05) is 0 Å². The largest absolute Gasteiger partial charge is 0.481 e. The van der Waals surface area contributed by atoms with E-state index in [0.717, 1.165) is 6.54 Å². The summed E-state index contributed by atoms with van der Waals surface area (Å²) in [6, 6.07) is 0.321. The fourth-order valence-electron chi connectivity index (χ4n) is 2.56. The van der Waals surface area contributed by atoms with Crippen molar-refractivity contribution in [3.05, 3.63) is 0 Å². The van der Waals surface area contributed by atoms with Crippen molar-refractivity contribution in [2.75, 3.05) is 27.2 Å². The minimum absolute atomic E-state index is 0.274. The Labute approximate surface area is 109 Å². The molecule has 0 aromatic rings. The quantitative estimate of drug-likeness (QED) is 0.648. The summed E-state index contributed by atoms with van der Waals surface area (Å²) in [5.74, 6) is -1.00. The maximum absolute atomic E-state index is 10.8. The Kier molecular flexibility index (Phi) is 5.56. The van der Waals surface area contributed by atoms with E-state index in [4.69, 9.17) is 5.11 Å². The van der Waals surface area contributed by atoms with Crippen molar-refractivity contribution < 1.29 is 15.0 Å². The molecule has 1 aliphatic carbocycles. The maximum atomic E-state index is 10.8. The van der Waals surface area contributed by atoms with Gasteiger partial charge in [0.05, 0.1) is 11.5 Å². The van der Waals surface area contributed by atoms with Crippen LogP contribution in [0.15, 0.2) is 0 Å². The van der Waals surface area contributed by atoms with Gasteiger partial charge in [-0.3, -0.25) is 4.79 Å². The third-order valence-corrected chi connectivity index (χ3v) is 3.68.